The van der Waals surface area contributed by atoms with E-state index in [2.05, 4.69) is 10.3 Å². The summed E-state index contributed by atoms with van der Waals surface area (Å²) >= 11 is 0. The molecule has 20 heavy (non-hydrogen) atoms. The number of hydrogen-bond acceptors (Lipinski definition) is 4. The minimum absolute atomic E-state index is 0.274. The van der Waals surface area contributed by atoms with Gasteiger partial charge in [-0.2, -0.15) is 0 Å². The number of carbonyl (C=O) groups is 2. The van der Waals surface area contributed by atoms with Crippen molar-refractivity contribution in [3.63, 3.8) is 0 Å². The van der Waals surface area contributed by atoms with Crippen LogP contribution < -0.4 is 11.1 Å². The lowest BCUT2D eigenvalue weighted by molar-refractivity contribution is -0.141. The average Bonchev–Trinajstić information content (AvgIpc) is 2.37. The van der Waals surface area contributed by atoms with Gasteiger partial charge < -0.3 is 16.2 Å². The Bertz CT molecular complexity index is 483. The highest BCUT2D eigenvalue weighted by Crippen LogP contribution is 2.17. The van der Waals surface area contributed by atoms with Crippen molar-refractivity contribution in [2.45, 2.75) is 39.3 Å². The summed E-state index contributed by atoms with van der Waals surface area (Å²) in [7, 11) is 0. The minimum Gasteiger partial charge on any atom is -0.481 e. The lowest BCUT2D eigenvalue weighted by Crippen LogP contribution is -2.45. The first-order chi connectivity index (χ1) is 9.25. The molecule has 1 aromatic rings. The molecule has 0 aliphatic heterocycles. The summed E-state index contributed by atoms with van der Waals surface area (Å²) < 4.78 is 0. The molecule has 0 spiro atoms. The summed E-state index contributed by atoms with van der Waals surface area (Å²) in [6.07, 6.45) is 1.82. The van der Waals surface area contributed by atoms with Crippen molar-refractivity contribution in [3.8, 4) is 0 Å². The number of nitrogens with two attached hydrogens (primary N) is 1. The van der Waals surface area contributed by atoms with Gasteiger partial charge in [-0.05, 0) is 32.4 Å². The van der Waals surface area contributed by atoms with Crippen molar-refractivity contribution in [2.75, 3.05) is 0 Å². The predicted octanol–water partition coefficient (Wildman–Crippen LogP) is 1.16. The Morgan fingerprint density at radius 2 is 2.10 bits per heavy atom. The Morgan fingerprint density at radius 3 is 2.55 bits per heavy atom. The summed E-state index contributed by atoms with van der Waals surface area (Å²) in [5.41, 5.74) is 5.97. The molecule has 1 atom stereocenters. The molecule has 0 aliphatic carbocycles. The molecule has 0 aliphatic rings. The van der Waals surface area contributed by atoms with E-state index in [0.717, 1.165) is 0 Å². The van der Waals surface area contributed by atoms with Crippen molar-refractivity contribution in [3.05, 3.63) is 29.6 Å². The van der Waals surface area contributed by atoms with Gasteiger partial charge in [0.05, 0.1) is 17.2 Å². The van der Waals surface area contributed by atoms with Gasteiger partial charge in [0.15, 0.2) is 0 Å². The second-order valence-electron chi connectivity index (χ2n) is 5.52. The zero-order valence-corrected chi connectivity index (χ0v) is 12.0. The lowest BCUT2D eigenvalue weighted by atomic mass is 9.91. The lowest BCUT2D eigenvalue weighted by Gasteiger charge is -2.28. The minimum atomic E-state index is -0.874. The molecular formula is C14H21N3O3. The van der Waals surface area contributed by atoms with E-state index < -0.39 is 17.4 Å². The number of carboxylic acid groups (broad SMARTS) is 1. The van der Waals surface area contributed by atoms with E-state index in [9.17, 15) is 9.59 Å². The molecule has 1 unspecified atom stereocenters. The molecule has 0 saturated heterocycles. The van der Waals surface area contributed by atoms with Crippen molar-refractivity contribution in [2.24, 2.45) is 11.7 Å². The smallest absolute Gasteiger partial charge is 0.306 e. The molecule has 4 N–H and O–H groups in total. The average molecular weight is 279 g/mol. The van der Waals surface area contributed by atoms with Gasteiger partial charge in [-0.1, -0.05) is 6.92 Å². The molecule has 1 aromatic heterocycles. The van der Waals surface area contributed by atoms with E-state index in [1.165, 1.54) is 6.20 Å². The van der Waals surface area contributed by atoms with Gasteiger partial charge in [-0.3, -0.25) is 14.6 Å². The Balaban J connectivity index is 2.70. The number of carbonyl (C=O) groups excluding carboxylic acids is 1. The molecule has 6 nitrogen and oxygen atoms in total. The first-order valence-electron chi connectivity index (χ1n) is 6.45. The summed E-state index contributed by atoms with van der Waals surface area (Å²) in [6.45, 7) is 5.54. The maximum absolute atomic E-state index is 12.1. The molecular weight excluding hydrogens is 258 g/mol. The fraction of sp³-hybridized carbons (Fsp3) is 0.500. The maximum Gasteiger partial charge on any atom is 0.306 e. The number of hydrogen-bond donors (Lipinski definition) is 3. The van der Waals surface area contributed by atoms with Gasteiger partial charge >= 0.3 is 5.97 Å². The number of amides is 1. The topological polar surface area (TPSA) is 105 Å². The SMILES string of the molecule is CC(CC(C)(C)NC(=O)c1ccc(CN)nc1)C(=O)O. The van der Waals surface area contributed by atoms with Crippen LogP contribution in [0.1, 0.15) is 43.2 Å². The third-order valence-corrected chi connectivity index (χ3v) is 2.99. The Kier molecular flexibility index (Phi) is 5.21. The van der Waals surface area contributed by atoms with E-state index >= 15 is 0 Å². The van der Waals surface area contributed by atoms with E-state index in [1.807, 2.05) is 0 Å². The normalized spacial score (nSPS) is 12.8. The second-order valence-corrected chi connectivity index (χ2v) is 5.52. The fourth-order valence-electron chi connectivity index (χ4n) is 1.96. The van der Waals surface area contributed by atoms with Gasteiger partial charge in [-0.25, -0.2) is 0 Å². The van der Waals surface area contributed by atoms with E-state index in [1.54, 1.807) is 32.9 Å². The third kappa shape index (κ3) is 4.62. The number of pyridine rings is 1. The molecule has 6 heteroatoms. The molecule has 0 saturated carbocycles. The molecule has 0 bridgehead atoms. The van der Waals surface area contributed by atoms with Gasteiger partial charge in [0, 0.05) is 18.3 Å². The van der Waals surface area contributed by atoms with E-state index in [0.29, 0.717) is 24.2 Å². The number of aromatic nitrogens is 1. The number of rotatable bonds is 6. The first-order valence-corrected chi connectivity index (χ1v) is 6.45. The first kappa shape index (κ1) is 16.1. The monoisotopic (exact) mass is 279 g/mol. The highest BCUT2D eigenvalue weighted by molar-refractivity contribution is 5.94. The highest BCUT2D eigenvalue weighted by Gasteiger charge is 2.26. The predicted molar refractivity (Wildman–Crippen MR) is 75.1 cm³/mol. The molecule has 0 aromatic carbocycles. The van der Waals surface area contributed by atoms with Crippen LogP contribution in [0.4, 0.5) is 0 Å². The van der Waals surface area contributed by atoms with Crippen molar-refractivity contribution >= 4 is 11.9 Å². The molecule has 1 heterocycles. The molecule has 0 radical (unpaired) electrons. The van der Waals surface area contributed by atoms with Gasteiger partial charge in [0.2, 0.25) is 0 Å². The summed E-state index contributed by atoms with van der Waals surface area (Å²) in [6, 6.07) is 3.35. The number of aliphatic carboxylic acids is 1. The number of nitrogens with one attached hydrogen (secondary N) is 1. The van der Waals surface area contributed by atoms with Crippen LogP contribution in [-0.2, 0) is 11.3 Å². The summed E-state index contributed by atoms with van der Waals surface area (Å²) in [5, 5.41) is 11.7. The Labute approximate surface area is 118 Å². The Morgan fingerprint density at radius 1 is 1.45 bits per heavy atom. The van der Waals surface area contributed by atoms with Crippen LogP contribution in [0.5, 0.6) is 0 Å². The van der Waals surface area contributed by atoms with Gasteiger partial charge in [0.1, 0.15) is 0 Å². The van der Waals surface area contributed by atoms with Crippen LogP contribution in [-0.4, -0.2) is 27.5 Å². The number of carboxylic acids is 1. The standard InChI is InChI=1S/C14H21N3O3/c1-9(13(19)20)6-14(2,3)17-12(18)10-4-5-11(7-15)16-8-10/h4-5,8-9H,6-7,15H2,1-3H3,(H,17,18)(H,19,20). The van der Waals surface area contributed by atoms with Gasteiger partial charge in [0.25, 0.3) is 5.91 Å². The maximum atomic E-state index is 12.1. The highest BCUT2D eigenvalue weighted by atomic mass is 16.4. The van der Waals surface area contributed by atoms with Crippen LogP contribution >= 0.6 is 0 Å². The zero-order valence-electron chi connectivity index (χ0n) is 12.0. The Hall–Kier alpha value is -1.95. The number of nitrogens with zero attached hydrogens (tertiary/aromatic N) is 1. The summed E-state index contributed by atoms with van der Waals surface area (Å²) in [5.74, 6) is -1.67. The molecule has 1 rings (SSSR count). The van der Waals surface area contributed by atoms with E-state index in [-0.39, 0.29) is 5.91 Å². The third-order valence-electron chi connectivity index (χ3n) is 2.99. The summed E-state index contributed by atoms with van der Waals surface area (Å²) in [4.78, 5) is 27.0. The molecule has 1 amide bonds. The van der Waals surface area contributed by atoms with Crippen LogP contribution in [0.2, 0.25) is 0 Å². The largest absolute Gasteiger partial charge is 0.481 e. The van der Waals surface area contributed by atoms with Crippen LogP contribution in [0.3, 0.4) is 0 Å². The van der Waals surface area contributed by atoms with Crippen LogP contribution in [0.25, 0.3) is 0 Å². The quantitative estimate of drug-likeness (QED) is 0.724. The van der Waals surface area contributed by atoms with Crippen molar-refractivity contribution in [1.82, 2.24) is 10.3 Å². The fourth-order valence-corrected chi connectivity index (χ4v) is 1.96. The van der Waals surface area contributed by atoms with Gasteiger partial charge in [-0.15, -0.1) is 0 Å². The second kappa shape index (κ2) is 6.47. The van der Waals surface area contributed by atoms with Crippen molar-refractivity contribution in [1.29, 1.82) is 0 Å². The van der Waals surface area contributed by atoms with Crippen molar-refractivity contribution < 1.29 is 14.7 Å². The molecule has 110 valence electrons. The molecule has 0 fully saturated rings. The van der Waals surface area contributed by atoms with Crippen LogP contribution in [0, 0.1) is 5.92 Å². The zero-order chi connectivity index (χ0) is 15.3. The van der Waals surface area contributed by atoms with Crippen LogP contribution in [0.15, 0.2) is 18.3 Å². The van der Waals surface area contributed by atoms with E-state index in [4.69, 9.17) is 10.8 Å².